The van der Waals surface area contributed by atoms with Gasteiger partial charge < -0.3 is 9.47 Å². The van der Waals surface area contributed by atoms with Crippen LogP contribution in [0.4, 0.5) is 0 Å². The van der Waals surface area contributed by atoms with Crippen LogP contribution in [0.5, 0.6) is 0 Å². The first-order chi connectivity index (χ1) is 6.70. The number of carbonyl (C=O) groups is 2. The standard InChI is InChI=1S/C10H10O4.Bi/c1-13-9(11)7-5-3-4-6-8(7)10(12)14-2;/h3-6H,1-2H3;. The van der Waals surface area contributed by atoms with Gasteiger partial charge in [-0.3, -0.25) is 0 Å². The van der Waals surface area contributed by atoms with Crippen LogP contribution < -0.4 is 0 Å². The van der Waals surface area contributed by atoms with Crippen molar-refractivity contribution in [2.75, 3.05) is 14.2 Å². The quantitative estimate of drug-likeness (QED) is 0.544. The number of ether oxygens (including phenoxy) is 2. The van der Waals surface area contributed by atoms with Crippen LogP contribution in [0.1, 0.15) is 20.7 Å². The van der Waals surface area contributed by atoms with Gasteiger partial charge in [-0.1, -0.05) is 12.1 Å². The number of rotatable bonds is 2. The number of carbonyl (C=O) groups excluding carboxylic acids is 2. The average Bonchev–Trinajstić information content (AvgIpc) is 2.27. The maximum atomic E-state index is 11.2. The molecule has 1 aromatic carbocycles. The second-order valence-electron chi connectivity index (χ2n) is 2.53. The van der Waals surface area contributed by atoms with E-state index in [-0.39, 0.29) is 37.3 Å². The molecule has 0 unspecified atom stereocenters. The van der Waals surface area contributed by atoms with E-state index in [1.807, 2.05) is 0 Å². The van der Waals surface area contributed by atoms with Gasteiger partial charge in [0, 0.05) is 26.2 Å². The summed E-state index contributed by atoms with van der Waals surface area (Å²) in [7, 11) is 2.52. The Labute approximate surface area is 107 Å². The molecule has 79 valence electrons. The zero-order chi connectivity index (χ0) is 10.6. The maximum Gasteiger partial charge on any atom is 0.338 e. The van der Waals surface area contributed by atoms with Crippen molar-refractivity contribution in [1.82, 2.24) is 0 Å². The van der Waals surface area contributed by atoms with Crippen LogP contribution >= 0.6 is 0 Å². The SMILES string of the molecule is COC(=O)c1ccccc1C(=O)OC.[Bi]. The normalized spacial score (nSPS) is 8.67. The molecule has 0 aliphatic rings. The molecule has 5 heteroatoms. The minimum atomic E-state index is -0.550. The molecule has 1 rings (SSSR count). The molecule has 0 amide bonds. The number of hydrogen-bond acceptors (Lipinski definition) is 4. The summed E-state index contributed by atoms with van der Waals surface area (Å²) in [6.45, 7) is 0. The van der Waals surface area contributed by atoms with Crippen LogP contribution in [0.15, 0.2) is 24.3 Å². The monoisotopic (exact) mass is 403 g/mol. The molecule has 1 aromatic rings. The fourth-order valence-corrected chi connectivity index (χ4v) is 1.06. The van der Waals surface area contributed by atoms with Gasteiger partial charge in [-0.25, -0.2) is 9.59 Å². The van der Waals surface area contributed by atoms with Crippen molar-refractivity contribution < 1.29 is 19.1 Å². The largest absolute Gasteiger partial charge is 0.465 e. The molecule has 0 saturated heterocycles. The number of esters is 2. The fraction of sp³-hybridized carbons (Fsp3) is 0.200. The van der Waals surface area contributed by atoms with E-state index in [1.54, 1.807) is 12.1 Å². The molecule has 0 atom stereocenters. The molecule has 4 nitrogen and oxygen atoms in total. The summed E-state index contributed by atoms with van der Waals surface area (Å²) >= 11 is 0. The summed E-state index contributed by atoms with van der Waals surface area (Å²) in [5.74, 6) is -1.10. The van der Waals surface area contributed by atoms with Crippen LogP contribution in [0.25, 0.3) is 0 Å². The van der Waals surface area contributed by atoms with E-state index in [4.69, 9.17) is 0 Å². The second-order valence-corrected chi connectivity index (χ2v) is 2.53. The third-order valence-electron chi connectivity index (χ3n) is 1.74. The summed E-state index contributed by atoms with van der Waals surface area (Å²) in [6.07, 6.45) is 0. The summed E-state index contributed by atoms with van der Waals surface area (Å²) < 4.78 is 9.05. The molecule has 0 bridgehead atoms. The van der Waals surface area contributed by atoms with Crippen molar-refractivity contribution in [3.8, 4) is 0 Å². The number of methoxy groups -OCH3 is 2. The predicted molar refractivity (Wildman–Crippen MR) is 54.9 cm³/mol. The van der Waals surface area contributed by atoms with Gasteiger partial charge in [-0.05, 0) is 12.1 Å². The van der Waals surface area contributed by atoms with Gasteiger partial charge >= 0.3 is 11.9 Å². The zero-order valence-electron chi connectivity index (χ0n) is 8.39. The fourth-order valence-electron chi connectivity index (χ4n) is 1.06. The molecule has 0 fully saturated rings. The molecule has 0 aliphatic heterocycles. The van der Waals surface area contributed by atoms with Crippen LogP contribution in [0.2, 0.25) is 0 Å². The first kappa shape index (κ1) is 14.0. The van der Waals surface area contributed by atoms with E-state index in [0.717, 1.165) is 0 Å². The third kappa shape index (κ3) is 3.27. The smallest absolute Gasteiger partial charge is 0.338 e. The molecular formula is C10H10BiO4. The Morgan fingerprint density at radius 3 is 1.53 bits per heavy atom. The van der Waals surface area contributed by atoms with Crippen LogP contribution in [0, 0.1) is 0 Å². The molecule has 0 N–H and O–H groups in total. The van der Waals surface area contributed by atoms with Gasteiger partial charge in [-0.15, -0.1) is 0 Å². The third-order valence-corrected chi connectivity index (χ3v) is 1.74. The predicted octanol–water partition coefficient (Wildman–Crippen LogP) is 0.879. The van der Waals surface area contributed by atoms with E-state index >= 15 is 0 Å². The maximum absolute atomic E-state index is 11.2. The van der Waals surface area contributed by atoms with E-state index < -0.39 is 11.9 Å². The Hall–Kier alpha value is -0.957. The van der Waals surface area contributed by atoms with Gasteiger partial charge in [0.1, 0.15) is 0 Å². The summed E-state index contributed by atoms with van der Waals surface area (Å²) in [4.78, 5) is 22.4. The molecule has 0 saturated carbocycles. The van der Waals surface area contributed by atoms with Gasteiger partial charge in [0.15, 0.2) is 0 Å². The van der Waals surface area contributed by atoms with Crippen LogP contribution in [-0.4, -0.2) is 52.4 Å². The molecule has 0 aromatic heterocycles. The number of benzene rings is 1. The van der Waals surface area contributed by atoms with Gasteiger partial charge in [0.25, 0.3) is 0 Å². The molecule has 0 heterocycles. The van der Waals surface area contributed by atoms with Gasteiger partial charge in [0.05, 0.1) is 25.3 Å². The Morgan fingerprint density at radius 2 is 1.27 bits per heavy atom. The van der Waals surface area contributed by atoms with Crippen molar-refractivity contribution in [3.63, 3.8) is 0 Å². The Bertz CT molecular complexity index is 327. The van der Waals surface area contributed by atoms with Crippen molar-refractivity contribution in [3.05, 3.63) is 35.4 Å². The van der Waals surface area contributed by atoms with Crippen LogP contribution in [0.3, 0.4) is 0 Å². The minimum absolute atomic E-state index is 0. The second kappa shape index (κ2) is 6.51. The van der Waals surface area contributed by atoms with Gasteiger partial charge in [0.2, 0.25) is 0 Å². The Kier molecular flexibility index (Phi) is 6.10. The van der Waals surface area contributed by atoms with Crippen molar-refractivity contribution >= 4 is 38.1 Å². The summed E-state index contributed by atoms with van der Waals surface area (Å²) in [5, 5.41) is 0. The minimum Gasteiger partial charge on any atom is -0.465 e. The topological polar surface area (TPSA) is 52.6 Å². The van der Waals surface area contributed by atoms with E-state index in [0.29, 0.717) is 0 Å². The average molecular weight is 403 g/mol. The molecule has 0 spiro atoms. The molecule has 15 heavy (non-hydrogen) atoms. The first-order valence-electron chi connectivity index (χ1n) is 3.96. The Morgan fingerprint density at radius 1 is 0.933 bits per heavy atom. The number of hydrogen-bond donors (Lipinski definition) is 0. The van der Waals surface area contributed by atoms with Crippen molar-refractivity contribution in [1.29, 1.82) is 0 Å². The van der Waals surface area contributed by atoms with Crippen molar-refractivity contribution in [2.24, 2.45) is 0 Å². The molecule has 3 radical (unpaired) electrons. The Balaban J connectivity index is 0.00000196. The first-order valence-corrected chi connectivity index (χ1v) is 3.96. The van der Waals surface area contributed by atoms with E-state index in [2.05, 4.69) is 9.47 Å². The summed E-state index contributed by atoms with van der Waals surface area (Å²) in [6, 6.07) is 6.33. The van der Waals surface area contributed by atoms with E-state index in [9.17, 15) is 9.59 Å². The van der Waals surface area contributed by atoms with Crippen LogP contribution in [-0.2, 0) is 9.47 Å². The van der Waals surface area contributed by atoms with Crippen molar-refractivity contribution in [2.45, 2.75) is 0 Å². The summed E-state index contributed by atoms with van der Waals surface area (Å²) in [5.41, 5.74) is 0.420. The molecule has 0 aliphatic carbocycles. The zero-order valence-corrected chi connectivity index (χ0v) is 11.9. The van der Waals surface area contributed by atoms with E-state index in [1.165, 1.54) is 26.4 Å². The van der Waals surface area contributed by atoms with Gasteiger partial charge in [-0.2, -0.15) is 0 Å². The molecular weight excluding hydrogens is 393 g/mol.